The van der Waals surface area contributed by atoms with Crippen LogP contribution in [-0.4, -0.2) is 66.0 Å². The van der Waals surface area contributed by atoms with Gasteiger partial charge in [0, 0.05) is 24.2 Å². The zero-order valence-electron chi connectivity index (χ0n) is 19.3. The van der Waals surface area contributed by atoms with Crippen molar-refractivity contribution < 1.29 is 18.6 Å². The molecule has 0 aliphatic carbocycles. The number of ether oxygens (including phenoxy) is 3. The normalized spacial score (nSPS) is 19.4. The van der Waals surface area contributed by atoms with Crippen molar-refractivity contribution in [1.29, 1.82) is 0 Å². The van der Waals surface area contributed by atoms with Gasteiger partial charge in [0.1, 0.15) is 0 Å². The summed E-state index contributed by atoms with van der Waals surface area (Å²) in [5, 5.41) is 9.33. The quantitative estimate of drug-likeness (QED) is 0.398. The van der Waals surface area contributed by atoms with Crippen LogP contribution in [-0.2, 0) is 20.0 Å². The van der Waals surface area contributed by atoms with Crippen molar-refractivity contribution in [3.63, 3.8) is 0 Å². The molecule has 2 fully saturated rings. The average molecular weight is 481 g/mol. The molecule has 1 aromatic heterocycles. The molecule has 3 heterocycles. The van der Waals surface area contributed by atoms with E-state index in [2.05, 4.69) is 32.2 Å². The number of amidine groups is 1. The van der Waals surface area contributed by atoms with Gasteiger partial charge in [-0.3, -0.25) is 0 Å². The summed E-state index contributed by atoms with van der Waals surface area (Å²) >= 11 is 1.56. The summed E-state index contributed by atoms with van der Waals surface area (Å²) < 4.78 is 23.7. The molecule has 3 aromatic rings. The number of rotatable bonds is 5. The standard InChI is InChI=1S/C25H28N4O4S/c1-18(22-27-28-23(33-22)26-24(34-2)29-11-13-30-14-12-29)19-7-6-10-21(17-19)25(31-15-16-32-25)20-8-4-3-5-9-20/h3-10,17-18H,11-16H2,1-2H3. The summed E-state index contributed by atoms with van der Waals surface area (Å²) in [5.74, 6) is -0.515. The fraction of sp³-hybridized carbons (Fsp3) is 0.400. The van der Waals surface area contributed by atoms with Gasteiger partial charge in [-0.1, -0.05) is 65.4 Å². The Morgan fingerprint density at radius 1 is 0.971 bits per heavy atom. The van der Waals surface area contributed by atoms with Gasteiger partial charge in [-0.25, -0.2) is 0 Å². The molecule has 0 N–H and O–H groups in total. The molecule has 5 rings (SSSR count). The van der Waals surface area contributed by atoms with Crippen LogP contribution in [0.3, 0.4) is 0 Å². The van der Waals surface area contributed by atoms with Crippen molar-refractivity contribution in [3.05, 3.63) is 77.2 Å². The molecule has 0 radical (unpaired) electrons. The Kier molecular flexibility index (Phi) is 6.96. The van der Waals surface area contributed by atoms with Crippen molar-refractivity contribution in [2.75, 3.05) is 45.8 Å². The second kappa shape index (κ2) is 10.3. The van der Waals surface area contributed by atoms with Crippen LogP contribution in [0.4, 0.5) is 6.01 Å². The van der Waals surface area contributed by atoms with E-state index in [-0.39, 0.29) is 11.9 Å². The highest BCUT2D eigenvalue weighted by atomic mass is 32.2. The Hall–Kier alpha value is -2.72. The predicted molar refractivity (Wildman–Crippen MR) is 130 cm³/mol. The van der Waals surface area contributed by atoms with E-state index in [1.165, 1.54) is 0 Å². The van der Waals surface area contributed by atoms with Crippen LogP contribution in [0.25, 0.3) is 0 Å². The number of aliphatic imine (C=N–C) groups is 1. The van der Waals surface area contributed by atoms with E-state index < -0.39 is 5.79 Å². The lowest BCUT2D eigenvalue weighted by Gasteiger charge is -2.29. The average Bonchev–Trinajstić information content (AvgIpc) is 3.59. The number of thioether (sulfide) groups is 1. The first-order valence-corrected chi connectivity index (χ1v) is 12.6. The van der Waals surface area contributed by atoms with Gasteiger partial charge in [0.05, 0.1) is 32.3 Å². The summed E-state index contributed by atoms with van der Waals surface area (Å²) in [5.41, 5.74) is 2.94. The monoisotopic (exact) mass is 480 g/mol. The minimum Gasteiger partial charge on any atom is -0.406 e. The number of hydrogen-bond acceptors (Lipinski definition) is 8. The number of morpholine rings is 1. The van der Waals surface area contributed by atoms with Gasteiger partial charge in [0.2, 0.25) is 11.7 Å². The minimum absolute atomic E-state index is 0.119. The zero-order valence-corrected chi connectivity index (χ0v) is 20.2. The topological polar surface area (TPSA) is 82.2 Å². The van der Waals surface area contributed by atoms with Gasteiger partial charge >= 0.3 is 6.01 Å². The first-order valence-electron chi connectivity index (χ1n) is 11.4. The zero-order chi connectivity index (χ0) is 23.4. The maximum absolute atomic E-state index is 6.16. The van der Waals surface area contributed by atoms with Crippen molar-refractivity contribution in [2.45, 2.75) is 18.6 Å². The lowest BCUT2D eigenvalue weighted by Crippen LogP contribution is -2.39. The van der Waals surface area contributed by atoms with Gasteiger partial charge in [-0.15, -0.1) is 5.10 Å². The fourth-order valence-corrected chi connectivity index (χ4v) is 4.86. The highest BCUT2D eigenvalue weighted by Gasteiger charge is 2.40. The SMILES string of the molecule is CSC(=Nc1nnc(C(C)c2cccc(C3(c4ccccc4)OCCO3)c2)o1)N1CCOCC1. The van der Waals surface area contributed by atoms with Crippen LogP contribution in [0, 0.1) is 0 Å². The third-order valence-electron chi connectivity index (χ3n) is 6.07. The van der Waals surface area contributed by atoms with Crippen LogP contribution < -0.4 is 0 Å². The summed E-state index contributed by atoms with van der Waals surface area (Å²) in [6.07, 6.45) is 2.00. The second-order valence-corrected chi connectivity index (χ2v) is 8.92. The minimum atomic E-state index is -0.910. The summed E-state index contributed by atoms with van der Waals surface area (Å²) in [7, 11) is 0. The summed E-state index contributed by atoms with van der Waals surface area (Å²) in [6, 6.07) is 18.5. The van der Waals surface area contributed by atoms with Crippen LogP contribution >= 0.6 is 11.8 Å². The van der Waals surface area contributed by atoms with Crippen molar-refractivity contribution in [1.82, 2.24) is 15.1 Å². The van der Waals surface area contributed by atoms with E-state index in [4.69, 9.17) is 18.6 Å². The molecule has 34 heavy (non-hydrogen) atoms. The predicted octanol–water partition coefficient (Wildman–Crippen LogP) is 4.15. The van der Waals surface area contributed by atoms with Crippen LogP contribution in [0.1, 0.15) is 35.4 Å². The molecule has 0 saturated carbocycles. The van der Waals surface area contributed by atoms with E-state index in [9.17, 15) is 0 Å². The molecule has 178 valence electrons. The Balaban J connectivity index is 1.40. The van der Waals surface area contributed by atoms with E-state index in [1.807, 2.05) is 55.6 Å². The summed E-state index contributed by atoms with van der Waals surface area (Å²) in [4.78, 5) is 6.77. The van der Waals surface area contributed by atoms with Gasteiger partial charge < -0.3 is 23.5 Å². The smallest absolute Gasteiger partial charge is 0.344 e. The Morgan fingerprint density at radius 2 is 1.71 bits per heavy atom. The molecule has 1 atom stereocenters. The maximum Gasteiger partial charge on any atom is 0.344 e. The summed E-state index contributed by atoms with van der Waals surface area (Å²) in [6.45, 7) is 6.12. The Bertz CT molecular complexity index is 1120. The molecule has 0 bridgehead atoms. The lowest BCUT2D eigenvalue weighted by atomic mass is 9.92. The van der Waals surface area contributed by atoms with Gasteiger partial charge in [0.15, 0.2) is 5.17 Å². The molecule has 2 aliphatic heterocycles. The molecule has 0 amide bonds. The van der Waals surface area contributed by atoms with E-state index in [1.54, 1.807) is 11.8 Å². The van der Waals surface area contributed by atoms with Gasteiger partial charge in [-0.05, 0) is 24.8 Å². The largest absolute Gasteiger partial charge is 0.406 e. The van der Waals surface area contributed by atoms with E-state index >= 15 is 0 Å². The Morgan fingerprint density at radius 3 is 2.44 bits per heavy atom. The fourth-order valence-electron chi connectivity index (χ4n) is 4.25. The third-order valence-corrected chi connectivity index (χ3v) is 6.78. The van der Waals surface area contributed by atoms with E-state index in [0.29, 0.717) is 32.3 Å². The van der Waals surface area contributed by atoms with E-state index in [0.717, 1.165) is 34.9 Å². The first-order chi connectivity index (χ1) is 16.7. The van der Waals surface area contributed by atoms with Crippen LogP contribution in [0.2, 0.25) is 0 Å². The highest BCUT2D eigenvalue weighted by Crippen LogP contribution is 2.39. The molecule has 0 spiro atoms. The third kappa shape index (κ3) is 4.61. The van der Waals surface area contributed by atoms with Crippen LogP contribution in [0.15, 0.2) is 64.0 Å². The van der Waals surface area contributed by atoms with Gasteiger partial charge in [-0.2, -0.15) is 4.99 Å². The first kappa shape index (κ1) is 23.0. The van der Waals surface area contributed by atoms with Gasteiger partial charge in [0.25, 0.3) is 0 Å². The molecule has 2 aliphatic rings. The molecule has 2 saturated heterocycles. The molecule has 8 nitrogen and oxygen atoms in total. The number of benzene rings is 2. The van der Waals surface area contributed by atoms with Crippen molar-refractivity contribution in [2.24, 2.45) is 4.99 Å². The number of nitrogens with zero attached hydrogens (tertiary/aromatic N) is 4. The molecular weight excluding hydrogens is 452 g/mol. The lowest BCUT2D eigenvalue weighted by molar-refractivity contribution is -0.129. The van der Waals surface area contributed by atoms with Crippen molar-refractivity contribution >= 4 is 22.9 Å². The highest BCUT2D eigenvalue weighted by molar-refractivity contribution is 8.13. The second-order valence-electron chi connectivity index (χ2n) is 8.15. The molecular formula is C25H28N4O4S. The molecule has 2 aromatic carbocycles. The number of hydrogen-bond donors (Lipinski definition) is 0. The van der Waals surface area contributed by atoms with Crippen molar-refractivity contribution in [3.8, 4) is 0 Å². The molecule has 1 unspecified atom stereocenters. The number of aromatic nitrogens is 2. The molecule has 9 heteroatoms. The van der Waals surface area contributed by atoms with Crippen LogP contribution in [0.5, 0.6) is 0 Å². The maximum atomic E-state index is 6.16. The Labute approximate surface area is 203 Å².